The maximum atomic E-state index is 10.9. The molecule has 0 saturated heterocycles. The van der Waals surface area contributed by atoms with E-state index in [4.69, 9.17) is 0 Å². The number of ketones is 1. The van der Waals surface area contributed by atoms with E-state index in [0.717, 1.165) is 12.0 Å². The van der Waals surface area contributed by atoms with Gasteiger partial charge in [-0.25, -0.2) is 0 Å². The first-order chi connectivity index (χ1) is 6.43. The summed E-state index contributed by atoms with van der Waals surface area (Å²) >= 11 is 0. The van der Waals surface area contributed by atoms with Crippen molar-refractivity contribution in [1.29, 1.82) is 0 Å². The minimum atomic E-state index is 0.100. The predicted molar refractivity (Wildman–Crippen MR) is 60.0 cm³/mol. The number of carbonyl (C=O) groups is 1. The van der Waals surface area contributed by atoms with E-state index in [1.54, 1.807) is 13.0 Å². The Labute approximate surface area is 86.2 Å². The van der Waals surface area contributed by atoms with Crippen LogP contribution in [0.4, 0.5) is 0 Å². The number of carbonyl (C=O) groups excluding carboxylic acids is 1. The lowest BCUT2D eigenvalue weighted by Gasteiger charge is -2.35. The van der Waals surface area contributed by atoms with E-state index in [-0.39, 0.29) is 17.1 Å². The minimum absolute atomic E-state index is 0.100. The average molecular weight is 190 g/mol. The van der Waals surface area contributed by atoms with Gasteiger partial charge in [-0.15, -0.1) is 0 Å². The highest BCUT2D eigenvalue weighted by Gasteiger charge is 2.30. The molecule has 0 aliphatic heterocycles. The summed E-state index contributed by atoms with van der Waals surface area (Å²) in [6.07, 6.45) is 8.88. The average Bonchev–Trinajstić information content (AvgIpc) is 2.01. The molecule has 1 aliphatic rings. The number of hydrogen-bond donors (Lipinski definition) is 0. The first-order valence-corrected chi connectivity index (χ1v) is 4.97. The zero-order chi connectivity index (χ0) is 10.8. The molecule has 0 fully saturated rings. The molecule has 0 bridgehead atoms. The van der Waals surface area contributed by atoms with Gasteiger partial charge in [-0.1, -0.05) is 38.7 Å². The van der Waals surface area contributed by atoms with Gasteiger partial charge in [-0.2, -0.15) is 0 Å². The molecule has 0 amide bonds. The third kappa shape index (κ3) is 2.44. The fourth-order valence-corrected chi connectivity index (χ4v) is 1.86. The molecule has 0 aromatic carbocycles. The van der Waals surface area contributed by atoms with Crippen LogP contribution in [0.15, 0.2) is 36.5 Å². The third-order valence-electron chi connectivity index (χ3n) is 2.74. The molecule has 0 aromatic heterocycles. The number of hydrogen-bond acceptors (Lipinski definition) is 1. The van der Waals surface area contributed by atoms with Gasteiger partial charge in [-0.05, 0) is 30.4 Å². The van der Waals surface area contributed by atoms with Gasteiger partial charge < -0.3 is 0 Å². The maximum absolute atomic E-state index is 10.9. The molecule has 0 aromatic rings. The molecule has 1 heteroatoms. The van der Waals surface area contributed by atoms with Gasteiger partial charge in [0.1, 0.15) is 0 Å². The summed E-state index contributed by atoms with van der Waals surface area (Å²) in [6, 6.07) is 0. The Bertz CT molecular complexity index is 305. The molecular weight excluding hydrogens is 172 g/mol. The van der Waals surface area contributed by atoms with Crippen molar-refractivity contribution in [2.45, 2.75) is 27.2 Å². The topological polar surface area (TPSA) is 17.1 Å². The normalized spacial score (nSPS) is 25.6. The molecule has 0 radical (unpaired) electrons. The quantitative estimate of drug-likeness (QED) is 0.611. The summed E-state index contributed by atoms with van der Waals surface area (Å²) in [5, 5.41) is 0. The van der Waals surface area contributed by atoms with Crippen LogP contribution in [0.25, 0.3) is 0 Å². The molecule has 14 heavy (non-hydrogen) atoms. The summed E-state index contributed by atoms with van der Waals surface area (Å²) in [5.41, 5.74) is 1.27. The summed E-state index contributed by atoms with van der Waals surface area (Å²) in [7, 11) is 0. The molecule has 76 valence electrons. The molecule has 1 aliphatic carbocycles. The lowest BCUT2D eigenvalue weighted by atomic mass is 9.69. The zero-order valence-electron chi connectivity index (χ0n) is 9.21. The Morgan fingerprint density at radius 1 is 1.64 bits per heavy atom. The van der Waals surface area contributed by atoms with Crippen LogP contribution in [0, 0.1) is 11.3 Å². The monoisotopic (exact) mass is 190 g/mol. The summed E-state index contributed by atoms with van der Waals surface area (Å²) in [4.78, 5) is 10.9. The second-order valence-corrected chi connectivity index (χ2v) is 4.62. The van der Waals surface area contributed by atoms with E-state index in [1.165, 1.54) is 0 Å². The Morgan fingerprint density at radius 3 is 2.79 bits per heavy atom. The first kappa shape index (κ1) is 11.0. The molecule has 0 N–H and O–H groups in total. The van der Waals surface area contributed by atoms with Gasteiger partial charge >= 0.3 is 0 Å². The van der Waals surface area contributed by atoms with Gasteiger partial charge in [0.2, 0.25) is 0 Å². The summed E-state index contributed by atoms with van der Waals surface area (Å²) in [5.74, 6) is 0.388. The smallest absolute Gasteiger partial charge is 0.152 e. The van der Waals surface area contributed by atoms with Gasteiger partial charge in [0.25, 0.3) is 0 Å². The van der Waals surface area contributed by atoms with E-state index in [2.05, 4.69) is 32.6 Å². The van der Waals surface area contributed by atoms with Crippen molar-refractivity contribution in [2.24, 2.45) is 11.3 Å². The zero-order valence-corrected chi connectivity index (χ0v) is 9.21. The van der Waals surface area contributed by atoms with Crippen LogP contribution in [-0.4, -0.2) is 5.78 Å². The second kappa shape index (κ2) is 3.95. The van der Waals surface area contributed by atoms with Crippen molar-refractivity contribution < 1.29 is 4.79 Å². The Morgan fingerprint density at radius 2 is 2.29 bits per heavy atom. The lowest BCUT2D eigenvalue weighted by Crippen LogP contribution is -2.25. The fourth-order valence-electron chi connectivity index (χ4n) is 1.86. The van der Waals surface area contributed by atoms with Crippen molar-refractivity contribution in [3.05, 3.63) is 36.5 Å². The van der Waals surface area contributed by atoms with Crippen LogP contribution in [0.5, 0.6) is 0 Å². The van der Waals surface area contributed by atoms with Crippen molar-refractivity contribution >= 4 is 5.78 Å². The highest BCUT2D eigenvalue weighted by molar-refractivity contribution is 5.87. The van der Waals surface area contributed by atoms with Crippen molar-refractivity contribution in [2.75, 3.05) is 0 Å². The molecular formula is C13H18O. The van der Waals surface area contributed by atoms with Gasteiger partial charge in [0.15, 0.2) is 5.78 Å². The van der Waals surface area contributed by atoms with Crippen molar-refractivity contribution in [1.82, 2.24) is 0 Å². The molecule has 1 atom stereocenters. The highest BCUT2D eigenvalue weighted by Crippen LogP contribution is 2.40. The van der Waals surface area contributed by atoms with E-state index in [0.29, 0.717) is 0 Å². The van der Waals surface area contributed by atoms with E-state index in [9.17, 15) is 4.79 Å². The van der Waals surface area contributed by atoms with Crippen LogP contribution in [-0.2, 0) is 4.79 Å². The van der Waals surface area contributed by atoms with Gasteiger partial charge in [0.05, 0.1) is 0 Å². The fraction of sp³-hybridized carbons (Fsp3) is 0.462. The Kier molecular flexibility index (Phi) is 3.10. The van der Waals surface area contributed by atoms with Crippen LogP contribution in [0.3, 0.4) is 0 Å². The van der Waals surface area contributed by atoms with Crippen molar-refractivity contribution in [3.63, 3.8) is 0 Å². The predicted octanol–water partition coefficient (Wildman–Crippen LogP) is 3.29. The van der Waals surface area contributed by atoms with Crippen molar-refractivity contribution in [3.8, 4) is 0 Å². The molecule has 0 spiro atoms. The van der Waals surface area contributed by atoms with E-state index < -0.39 is 0 Å². The molecule has 0 heterocycles. The van der Waals surface area contributed by atoms with E-state index >= 15 is 0 Å². The van der Waals surface area contributed by atoms with E-state index in [1.807, 2.05) is 6.08 Å². The highest BCUT2D eigenvalue weighted by atomic mass is 16.1. The summed E-state index contributed by atoms with van der Waals surface area (Å²) < 4.78 is 0. The third-order valence-corrected chi connectivity index (χ3v) is 2.74. The standard InChI is InChI=1S/C13H18O/c1-10-6-5-9-13(3,4)12(10)8-7-11(2)14/h5-8,12H,1,9H2,2-4H3. The Balaban J connectivity index is 2.88. The minimum Gasteiger partial charge on any atom is -0.295 e. The van der Waals surface area contributed by atoms with Crippen LogP contribution in [0.2, 0.25) is 0 Å². The van der Waals surface area contributed by atoms with Gasteiger partial charge in [0, 0.05) is 5.92 Å². The number of rotatable bonds is 2. The van der Waals surface area contributed by atoms with Crippen LogP contribution in [0.1, 0.15) is 27.2 Å². The van der Waals surface area contributed by atoms with Crippen LogP contribution < -0.4 is 0 Å². The second-order valence-electron chi connectivity index (χ2n) is 4.62. The largest absolute Gasteiger partial charge is 0.295 e. The Hall–Kier alpha value is -1.11. The molecule has 1 unspecified atom stereocenters. The molecule has 1 rings (SSSR count). The number of allylic oxidation sites excluding steroid dienone is 5. The van der Waals surface area contributed by atoms with Gasteiger partial charge in [-0.3, -0.25) is 4.79 Å². The molecule has 0 saturated carbocycles. The molecule has 1 nitrogen and oxygen atoms in total. The SMILES string of the molecule is C=C1C=CCC(C)(C)C1C=CC(C)=O. The van der Waals surface area contributed by atoms with Crippen LogP contribution >= 0.6 is 0 Å². The summed E-state index contributed by atoms with van der Waals surface area (Å²) in [6.45, 7) is 10.0. The maximum Gasteiger partial charge on any atom is 0.152 e. The lowest BCUT2D eigenvalue weighted by molar-refractivity contribution is -0.112. The first-order valence-electron chi connectivity index (χ1n) is 4.97.